The van der Waals surface area contributed by atoms with E-state index in [4.69, 9.17) is 11.6 Å². The lowest BCUT2D eigenvalue weighted by Crippen LogP contribution is -2.50. The first-order valence-electron chi connectivity index (χ1n) is 6.93. The van der Waals surface area contributed by atoms with E-state index in [1.165, 1.54) is 12.1 Å². The highest BCUT2D eigenvalue weighted by Gasteiger charge is 2.40. The molecule has 1 fully saturated rings. The van der Waals surface area contributed by atoms with Crippen LogP contribution in [0, 0.1) is 5.82 Å². The van der Waals surface area contributed by atoms with Gasteiger partial charge in [0.1, 0.15) is 5.82 Å². The van der Waals surface area contributed by atoms with Crippen LogP contribution in [0.25, 0.3) is 0 Å². The maximum atomic E-state index is 13.1. The van der Waals surface area contributed by atoms with Gasteiger partial charge in [-0.15, -0.1) is 0 Å². The van der Waals surface area contributed by atoms with Gasteiger partial charge in [-0.05, 0) is 55.2 Å². The second kappa shape index (κ2) is 5.49. The fraction of sp³-hybridized carbons (Fsp3) is 0.235. The molecule has 1 N–H and O–H groups in total. The smallest absolute Gasteiger partial charge is 0.252 e. The Kier molecular flexibility index (Phi) is 3.68. The number of carbonyl (C=O) groups excluding carboxylic acids is 1. The number of amides is 1. The molecule has 0 aromatic heterocycles. The monoisotopic (exact) mass is 303 g/mol. The molecule has 2 nitrogen and oxygen atoms in total. The SMILES string of the molecule is O=C(NC1(c2ccc(F)cc2)CCC1)c1cccc(Cl)c1. The van der Waals surface area contributed by atoms with Crippen LogP contribution in [0.3, 0.4) is 0 Å². The third-order valence-electron chi connectivity index (χ3n) is 4.04. The van der Waals surface area contributed by atoms with E-state index in [0.717, 1.165) is 24.8 Å². The Balaban J connectivity index is 1.84. The molecule has 0 unspecified atom stereocenters. The quantitative estimate of drug-likeness (QED) is 0.900. The molecule has 0 heterocycles. The molecule has 0 radical (unpaired) electrons. The van der Waals surface area contributed by atoms with Crippen molar-refractivity contribution >= 4 is 17.5 Å². The summed E-state index contributed by atoms with van der Waals surface area (Å²) in [4.78, 5) is 12.4. The number of hydrogen-bond acceptors (Lipinski definition) is 1. The van der Waals surface area contributed by atoms with E-state index in [1.807, 2.05) is 0 Å². The Morgan fingerprint density at radius 2 is 1.86 bits per heavy atom. The third-order valence-corrected chi connectivity index (χ3v) is 4.28. The summed E-state index contributed by atoms with van der Waals surface area (Å²) in [6.07, 6.45) is 2.78. The van der Waals surface area contributed by atoms with Gasteiger partial charge in [-0.25, -0.2) is 4.39 Å². The van der Waals surface area contributed by atoms with Crippen LogP contribution in [0.5, 0.6) is 0 Å². The molecule has 21 heavy (non-hydrogen) atoms. The van der Waals surface area contributed by atoms with Gasteiger partial charge in [-0.1, -0.05) is 29.8 Å². The summed E-state index contributed by atoms with van der Waals surface area (Å²) in [6, 6.07) is 13.2. The first-order chi connectivity index (χ1) is 10.1. The van der Waals surface area contributed by atoms with Crippen molar-refractivity contribution in [2.45, 2.75) is 24.8 Å². The van der Waals surface area contributed by atoms with E-state index in [9.17, 15) is 9.18 Å². The van der Waals surface area contributed by atoms with E-state index in [2.05, 4.69) is 5.32 Å². The molecule has 2 aromatic carbocycles. The first kappa shape index (κ1) is 14.1. The summed E-state index contributed by atoms with van der Waals surface area (Å²) in [7, 11) is 0. The number of carbonyl (C=O) groups is 1. The van der Waals surface area contributed by atoms with E-state index in [-0.39, 0.29) is 17.3 Å². The standard InChI is InChI=1S/C17H15ClFNO/c18-14-4-1-3-12(11-14)16(21)20-17(9-2-10-17)13-5-7-15(19)8-6-13/h1,3-8,11H,2,9-10H2,(H,20,21). The highest BCUT2D eigenvalue weighted by Crippen LogP contribution is 2.41. The maximum absolute atomic E-state index is 13.1. The molecule has 0 atom stereocenters. The Morgan fingerprint density at radius 3 is 2.43 bits per heavy atom. The zero-order chi connectivity index (χ0) is 14.9. The topological polar surface area (TPSA) is 29.1 Å². The van der Waals surface area contributed by atoms with Crippen LogP contribution in [0.2, 0.25) is 5.02 Å². The number of hydrogen-bond donors (Lipinski definition) is 1. The molecule has 0 saturated heterocycles. The van der Waals surface area contributed by atoms with Crippen molar-refractivity contribution in [3.63, 3.8) is 0 Å². The normalized spacial score (nSPS) is 16.1. The van der Waals surface area contributed by atoms with Crippen LogP contribution in [-0.2, 0) is 5.54 Å². The Bertz CT molecular complexity index is 665. The lowest BCUT2D eigenvalue weighted by Gasteiger charge is -2.43. The van der Waals surface area contributed by atoms with Gasteiger partial charge in [0.05, 0.1) is 5.54 Å². The summed E-state index contributed by atoms with van der Waals surface area (Å²) in [5, 5.41) is 3.62. The van der Waals surface area contributed by atoms with Crippen LogP contribution < -0.4 is 5.32 Å². The highest BCUT2D eigenvalue weighted by molar-refractivity contribution is 6.30. The second-order valence-electron chi connectivity index (χ2n) is 5.41. The first-order valence-corrected chi connectivity index (χ1v) is 7.31. The van der Waals surface area contributed by atoms with E-state index in [0.29, 0.717) is 10.6 Å². The predicted octanol–water partition coefficient (Wildman–Crippen LogP) is 4.29. The molecular formula is C17H15ClFNO. The third kappa shape index (κ3) is 2.79. The maximum Gasteiger partial charge on any atom is 0.252 e. The van der Waals surface area contributed by atoms with Gasteiger partial charge >= 0.3 is 0 Å². The average Bonchev–Trinajstić information content (AvgIpc) is 2.44. The summed E-state index contributed by atoms with van der Waals surface area (Å²) >= 11 is 5.92. The minimum Gasteiger partial charge on any atom is -0.343 e. The second-order valence-corrected chi connectivity index (χ2v) is 5.84. The van der Waals surface area contributed by atoms with Crippen LogP contribution in [-0.4, -0.2) is 5.91 Å². The van der Waals surface area contributed by atoms with Crippen molar-refractivity contribution in [3.8, 4) is 0 Å². The Morgan fingerprint density at radius 1 is 1.14 bits per heavy atom. The van der Waals surface area contributed by atoms with E-state index >= 15 is 0 Å². The minimum absolute atomic E-state index is 0.151. The molecule has 0 aliphatic heterocycles. The van der Waals surface area contributed by atoms with Crippen molar-refractivity contribution in [1.29, 1.82) is 0 Å². The van der Waals surface area contributed by atoms with Gasteiger partial charge in [0.2, 0.25) is 0 Å². The number of halogens is 2. The highest BCUT2D eigenvalue weighted by atomic mass is 35.5. The number of nitrogens with one attached hydrogen (secondary N) is 1. The van der Waals surface area contributed by atoms with Crippen LogP contribution >= 0.6 is 11.6 Å². The zero-order valence-corrected chi connectivity index (χ0v) is 12.2. The van der Waals surface area contributed by atoms with Gasteiger partial charge in [0.15, 0.2) is 0 Å². The molecule has 1 saturated carbocycles. The average molecular weight is 304 g/mol. The summed E-state index contributed by atoms with van der Waals surface area (Å²) in [5.41, 5.74) is 1.11. The van der Waals surface area contributed by atoms with E-state index < -0.39 is 0 Å². The summed E-state index contributed by atoms with van der Waals surface area (Å²) < 4.78 is 13.1. The van der Waals surface area contributed by atoms with Crippen LogP contribution in [0.1, 0.15) is 35.2 Å². The Hall–Kier alpha value is -1.87. The fourth-order valence-corrected chi connectivity index (χ4v) is 2.89. The molecule has 1 aliphatic carbocycles. The van der Waals surface area contributed by atoms with Crippen molar-refractivity contribution in [3.05, 3.63) is 70.5 Å². The Labute approximate surface area is 127 Å². The van der Waals surface area contributed by atoms with Gasteiger partial charge in [0, 0.05) is 10.6 Å². The molecular weight excluding hydrogens is 289 g/mol. The van der Waals surface area contributed by atoms with Gasteiger partial charge in [-0.3, -0.25) is 4.79 Å². The molecule has 2 aromatic rings. The molecule has 0 spiro atoms. The van der Waals surface area contributed by atoms with Crippen molar-refractivity contribution in [1.82, 2.24) is 5.32 Å². The van der Waals surface area contributed by atoms with Gasteiger partial charge in [0.25, 0.3) is 5.91 Å². The molecule has 3 rings (SSSR count). The van der Waals surface area contributed by atoms with Crippen molar-refractivity contribution < 1.29 is 9.18 Å². The molecule has 0 bridgehead atoms. The summed E-state index contributed by atoms with van der Waals surface area (Å²) in [6.45, 7) is 0. The van der Waals surface area contributed by atoms with E-state index in [1.54, 1.807) is 36.4 Å². The van der Waals surface area contributed by atoms with Crippen LogP contribution in [0.15, 0.2) is 48.5 Å². The lowest BCUT2D eigenvalue weighted by molar-refractivity contribution is 0.0823. The zero-order valence-electron chi connectivity index (χ0n) is 11.4. The predicted molar refractivity (Wildman–Crippen MR) is 80.8 cm³/mol. The number of benzene rings is 2. The van der Waals surface area contributed by atoms with Crippen molar-refractivity contribution in [2.24, 2.45) is 0 Å². The molecule has 108 valence electrons. The minimum atomic E-state index is -0.382. The van der Waals surface area contributed by atoms with Crippen LogP contribution in [0.4, 0.5) is 4.39 Å². The van der Waals surface area contributed by atoms with Gasteiger partial charge in [-0.2, -0.15) is 0 Å². The molecule has 1 amide bonds. The van der Waals surface area contributed by atoms with Crippen molar-refractivity contribution in [2.75, 3.05) is 0 Å². The number of rotatable bonds is 3. The summed E-state index contributed by atoms with van der Waals surface area (Å²) in [5.74, 6) is -0.420. The molecule has 4 heteroatoms. The van der Waals surface area contributed by atoms with Gasteiger partial charge < -0.3 is 5.32 Å². The largest absolute Gasteiger partial charge is 0.343 e. The fourth-order valence-electron chi connectivity index (χ4n) is 2.70. The molecule has 1 aliphatic rings. The lowest BCUT2D eigenvalue weighted by atomic mass is 9.71.